The minimum atomic E-state index is -0.931. The molecule has 4 aliphatic rings. The largest absolute Gasteiger partial charge is 0.385 e. The Balaban J connectivity index is 0.000000196. The third-order valence-corrected chi connectivity index (χ3v) is 19.4. The summed E-state index contributed by atoms with van der Waals surface area (Å²) < 4.78 is 0. The van der Waals surface area contributed by atoms with Crippen LogP contribution in [0.15, 0.2) is 97.1 Å². The molecule has 0 radical (unpaired) electrons. The molecule has 0 saturated heterocycles. The van der Waals surface area contributed by atoms with Gasteiger partial charge >= 0.3 is 0 Å². The number of likely N-dealkylation sites (N-methyl/N-ethyl adjacent to an activating group) is 4. The third kappa shape index (κ3) is 14.1. The van der Waals surface area contributed by atoms with Crippen LogP contribution in [-0.2, 0) is 41.3 Å². The predicted octanol–water partition coefficient (Wildman–Crippen LogP) is 11.0. The molecule has 0 aliphatic heterocycles. The van der Waals surface area contributed by atoms with Gasteiger partial charge in [0.2, 0.25) is 0 Å². The fraction of sp³-hybridized carbons (Fsp3) is 0.562. The van der Waals surface area contributed by atoms with Crippen LogP contribution in [0.3, 0.4) is 0 Å². The molecule has 4 aromatic rings. The van der Waals surface area contributed by atoms with E-state index in [9.17, 15) is 39.6 Å². The highest BCUT2D eigenvalue weighted by Crippen LogP contribution is 2.47. The number of hydrogen-bond acceptors (Lipinski definition) is 12. The first-order valence-electron chi connectivity index (χ1n) is 28.3. The summed E-state index contributed by atoms with van der Waals surface area (Å²) in [6, 6.07) is 29.5. The van der Waals surface area contributed by atoms with E-state index in [0.29, 0.717) is 95.1 Å². The van der Waals surface area contributed by atoms with Crippen LogP contribution in [0.25, 0.3) is 0 Å². The van der Waals surface area contributed by atoms with Crippen molar-refractivity contribution in [1.82, 2.24) is 21.3 Å². The Labute approximate surface area is 495 Å². The molecule has 4 aromatic carbocycles. The number of Topliss-reactive ketones (excluding diaryl/α,β-unsaturated/α-hetero) is 4. The summed E-state index contributed by atoms with van der Waals surface area (Å²) in [4.78, 5) is 50.5. The molecule has 80 heavy (non-hydrogen) atoms. The number of halogens is 4. The van der Waals surface area contributed by atoms with Crippen molar-refractivity contribution in [3.63, 3.8) is 0 Å². The van der Waals surface area contributed by atoms with E-state index in [1.807, 2.05) is 72.8 Å². The summed E-state index contributed by atoms with van der Waals surface area (Å²) in [5.41, 5.74) is -0.486. The second-order valence-electron chi connectivity index (χ2n) is 23.8. The molecule has 0 bridgehead atoms. The van der Waals surface area contributed by atoms with Crippen LogP contribution in [0.2, 0.25) is 20.1 Å². The maximum absolute atomic E-state index is 12.6. The van der Waals surface area contributed by atoms with E-state index < -0.39 is 46.6 Å². The summed E-state index contributed by atoms with van der Waals surface area (Å²) in [6.45, 7) is 17.0. The summed E-state index contributed by atoms with van der Waals surface area (Å²) in [5, 5.41) is 55.6. The minimum Gasteiger partial charge on any atom is -0.385 e. The molecule has 0 aromatic heterocycles. The van der Waals surface area contributed by atoms with E-state index in [1.54, 1.807) is 52.5 Å². The van der Waals surface area contributed by atoms with Crippen LogP contribution < -0.4 is 21.3 Å². The molecule has 4 saturated carbocycles. The van der Waals surface area contributed by atoms with Crippen LogP contribution in [-0.4, -0.2) is 96.2 Å². The number of aliphatic hydroxyl groups excluding tert-OH is 4. The van der Waals surface area contributed by atoms with E-state index in [4.69, 9.17) is 46.4 Å². The summed E-state index contributed by atoms with van der Waals surface area (Å²) in [6.07, 6.45) is 1.08. The maximum Gasteiger partial charge on any atom is 0.185 e. The van der Waals surface area contributed by atoms with Gasteiger partial charge in [0.15, 0.2) is 23.1 Å². The SMILES string of the molecule is CN[C@@]1(c2ccccc2Cl)C[C@@H](C(C)C)C[C@@H](O)C1=O.CN[C@@]1(c2ccccc2Cl)C[C@H](C(C)C)C[C@@H](O)C1=O.CN[C@]1(c2ccccc2Cl)C[C@@H](C(C)C)C[C@H](O)C1=O.CN[C@]1(c2ccccc2Cl)C[C@H](C(C)C)C[C@H](O)C1=O. The highest BCUT2D eigenvalue weighted by atomic mass is 35.5. The number of ketones is 4. The maximum atomic E-state index is 12.6. The molecule has 0 unspecified atom stereocenters. The monoisotopic (exact) mass is 1180 g/mol. The standard InChI is InChI=1S/4C16H22ClNO2/c4*1-10(2)11-8-14(19)15(20)16(9-11,18-3)12-6-4-5-7-13(12)17/h4*4-7,10-11,14,18-19H,8-9H2,1-3H3/t2*11-,14+,16+;2*11-,14-,16-/m1010/s1. The Morgan fingerprint density at radius 3 is 0.650 bits per heavy atom. The normalized spacial score (nSPS) is 30.8. The molecule has 4 fully saturated rings. The molecule has 8 N–H and O–H groups in total. The summed E-state index contributed by atoms with van der Waals surface area (Å²) in [5.74, 6) is 2.07. The van der Waals surface area contributed by atoms with Gasteiger partial charge in [-0.3, -0.25) is 19.2 Å². The van der Waals surface area contributed by atoms with Gasteiger partial charge in [0.25, 0.3) is 0 Å². The lowest BCUT2D eigenvalue weighted by Crippen LogP contribution is -2.57. The van der Waals surface area contributed by atoms with E-state index >= 15 is 0 Å². The zero-order chi connectivity index (χ0) is 59.7. The van der Waals surface area contributed by atoms with Gasteiger partial charge in [-0.15, -0.1) is 0 Å². The second kappa shape index (κ2) is 28.8. The number of aliphatic hydroxyl groups is 4. The lowest BCUT2D eigenvalue weighted by molar-refractivity contribution is -0.141. The first-order valence-corrected chi connectivity index (χ1v) is 29.8. The Kier molecular flexibility index (Phi) is 24.2. The van der Waals surface area contributed by atoms with Crippen molar-refractivity contribution in [1.29, 1.82) is 0 Å². The molecule has 12 nitrogen and oxygen atoms in total. The van der Waals surface area contributed by atoms with Crippen LogP contribution >= 0.6 is 46.4 Å². The topological polar surface area (TPSA) is 197 Å². The number of rotatable bonds is 12. The molecule has 12 atom stereocenters. The van der Waals surface area contributed by atoms with Crippen molar-refractivity contribution in [2.24, 2.45) is 47.3 Å². The number of carbonyl (C=O) groups is 4. The first kappa shape index (κ1) is 67.2. The van der Waals surface area contributed by atoms with Crippen molar-refractivity contribution in [2.75, 3.05) is 28.2 Å². The first-order chi connectivity index (χ1) is 37.7. The molecule has 0 spiro atoms. The average molecular weight is 1180 g/mol. The van der Waals surface area contributed by atoms with E-state index in [-0.39, 0.29) is 46.8 Å². The zero-order valence-corrected chi connectivity index (χ0v) is 51.8. The van der Waals surface area contributed by atoms with Crippen LogP contribution in [0.1, 0.15) is 129 Å². The number of carbonyl (C=O) groups excluding carboxylic acids is 4. The molecule has 0 amide bonds. The van der Waals surface area contributed by atoms with Gasteiger partial charge in [0, 0.05) is 20.1 Å². The van der Waals surface area contributed by atoms with E-state index in [2.05, 4.69) is 76.7 Å². The van der Waals surface area contributed by atoms with E-state index in [1.165, 1.54) is 0 Å². The fourth-order valence-corrected chi connectivity index (χ4v) is 13.9. The lowest BCUT2D eigenvalue weighted by Gasteiger charge is -2.43. The molecule has 0 heterocycles. The third-order valence-electron chi connectivity index (χ3n) is 18.1. The molecular formula is C64H88Cl4N4O8. The Morgan fingerprint density at radius 2 is 0.512 bits per heavy atom. The smallest absolute Gasteiger partial charge is 0.185 e. The minimum absolute atomic E-state index is 0.176. The van der Waals surface area contributed by atoms with Gasteiger partial charge in [-0.2, -0.15) is 0 Å². The average Bonchev–Trinajstić information content (AvgIpc) is 3.45. The van der Waals surface area contributed by atoms with Crippen molar-refractivity contribution in [2.45, 2.75) is 153 Å². The number of benzene rings is 4. The molecule has 440 valence electrons. The van der Waals surface area contributed by atoms with Crippen LogP contribution in [0, 0.1) is 47.3 Å². The van der Waals surface area contributed by atoms with Gasteiger partial charge in [0.05, 0.1) is 0 Å². The Morgan fingerprint density at radius 1 is 0.350 bits per heavy atom. The molecular weight excluding hydrogens is 1090 g/mol. The van der Waals surface area contributed by atoms with Crippen LogP contribution in [0.5, 0.6) is 0 Å². The zero-order valence-electron chi connectivity index (χ0n) is 48.8. The van der Waals surface area contributed by atoms with Gasteiger partial charge in [-0.05, 0) is 173 Å². The second-order valence-corrected chi connectivity index (χ2v) is 25.5. The van der Waals surface area contributed by atoms with E-state index in [0.717, 1.165) is 22.3 Å². The van der Waals surface area contributed by atoms with Gasteiger partial charge in [-0.25, -0.2) is 0 Å². The Hall–Kier alpha value is -3.60. The summed E-state index contributed by atoms with van der Waals surface area (Å²) in [7, 11) is 7.04. The lowest BCUT2D eigenvalue weighted by atomic mass is 9.67. The molecule has 4 aliphatic carbocycles. The number of nitrogens with one attached hydrogen (secondary N) is 4. The van der Waals surface area contributed by atoms with Crippen LogP contribution in [0.4, 0.5) is 0 Å². The summed E-state index contributed by atoms with van der Waals surface area (Å²) >= 11 is 25.2. The predicted molar refractivity (Wildman–Crippen MR) is 323 cm³/mol. The Bertz CT molecular complexity index is 2380. The van der Waals surface area contributed by atoms with Crippen molar-refractivity contribution in [3.8, 4) is 0 Å². The highest BCUT2D eigenvalue weighted by molar-refractivity contribution is 6.33. The molecule has 16 heteroatoms. The fourth-order valence-electron chi connectivity index (χ4n) is 12.7. The van der Waals surface area contributed by atoms with Crippen molar-refractivity contribution >= 4 is 69.5 Å². The number of hydrogen-bond donors (Lipinski definition) is 8. The van der Waals surface area contributed by atoms with Gasteiger partial charge < -0.3 is 41.7 Å². The van der Waals surface area contributed by atoms with Gasteiger partial charge in [0.1, 0.15) is 46.6 Å². The van der Waals surface area contributed by atoms with Crippen molar-refractivity contribution < 1.29 is 39.6 Å². The molecule has 8 rings (SSSR count). The van der Waals surface area contributed by atoms with Crippen molar-refractivity contribution in [3.05, 3.63) is 139 Å². The highest BCUT2D eigenvalue weighted by Gasteiger charge is 2.53. The van der Waals surface area contributed by atoms with Gasteiger partial charge in [-0.1, -0.05) is 175 Å². The quantitative estimate of drug-likeness (QED) is 0.0669.